The van der Waals surface area contributed by atoms with Gasteiger partial charge in [-0.25, -0.2) is 17.6 Å². The molecule has 2 atom stereocenters. The number of nitrogens with zero attached hydrogens (tertiary/aromatic N) is 1. The molecular weight excluding hydrogens is 435 g/mol. The Balaban J connectivity index is 1.48. The van der Waals surface area contributed by atoms with Gasteiger partial charge in [0.15, 0.2) is 0 Å². The van der Waals surface area contributed by atoms with Crippen molar-refractivity contribution in [3.63, 3.8) is 0 Å². The first kappa shape index (κ1) is 21.0. The standard InChI is InChI=1S/C23H23FN2O5S/c24-16-4-7-20(14(11-16)3-1-8-26-9-2-10-26)32(29,30)25-19-6-5-17-18-12-15(18)13-31-22(17)21(19)23(27)28/h1,3-7,11,15,18,25H,2,8-10,12-13H2,(H,27,28). The van der Waals surface area contributed by atoms with Gasteiger partial charge >= 0.3 is 5.97 Å². The monoisotopic (exact) mass is 458 g/mol. The van der Waals surface area contributed by atoms with Gasteiger partial charge in [0.25, 0.3) is 10.0 Å². The van der Waals surface area contributed by atoms with Crippen LogP contribution in [0.25, 0.3) is 6.08 Å². The number of anilines is 1. The molecule has 0 bridgehead atoms. The molecule has 2 heterocycles. The van der Waals surface area contributed by atoms with Crippen LogP contribution in [0.4, 0.5) is 10.1 Å². The van der Waals surface area contributed by atoms with E-state index in [4.69, 9.17) is 4.74 Å². The molecule has 0 amide bonds. The van der Waals surface area contributed by atoms with Gasteiger partial charge in [-0.1, -0.05) is 18.2 Å². The minimum atomic E-state index is -4.19. The molecule has 2 fully saturated rings. The van der Waals surface area contributed by atoms with Gasteiger partial charge in [-0.3, -0.25) is 9.62 Å². The SMILES string of the molecule is O=C(O)c1c(NS(=O)(=O)c2ccc(F)cc2C=CCN2CCC2)ccc2c1OCC1CC21. The van der Waals surface area contributed by atoms with E-state index in [9.17, 15) is 22.7 Å². The predicted octanol–water partition coefficient (Wildman–Crippen LogP) is 3.54. The fourth-order valence-electron chi connectivity index (χ4n) is 4.33. The molecule has 2 unspecified atom stereocenters. The number of nitrogens with one attached hydrogen (secondary N) is 1. The summed E-state index contributed by atoms with van der Waals surface area (Å²) >= 11 is 0. The van der Waals surface area contributed by atoms with Crippen molar-refractivity contribution in [3.8, 4) is 5.75 Å². The summed E-state index contributed by atoms with van der Waals surface area (Å²) in [5.74, 6) is -0.933. The molecule has 2 aliphatic heterocycles. The van der Waals surface area contributed by atoms with Gasteiger partial charge in [0.2, 0.25) is 0 Å². The molecule has 1 saturated carbocycles. The number of fused-ring (bicyclic) bond motifs is 3. The second-order valence-electron chi connectivity index (χ2n) is 8.47. The Morgan fingerprint density at radius 2 is 2.09 bits per heavy atom. The van der Waals surface area contributed by atoms with Crippen LogP contribution in [0.1, 0.15) is 40.2 Å². The van der Waals surface area contributed by atoms with E-state index >= 15 is 0 Å². The lowest BCUT2D eigenvalue weighted by molar-refractivity contribution is 0.0692. The summed E-state index contributed by atoms with van der Waals surface area (Å²) in [6, 6.07) is 6.60. The van der Waals surface area contributed by atoms with Crippen LogP contribution >= 0.6 is 0 Å². The van der Waals surface area contributed by atoms with Gasteiger partial charge in [-0.15, -0.1) is 0 Å². The summed E-state index contributed by atoms with van der Waals surface area (Å²) < 4.78 is 48.3. The van der Waals surface area contributed by atoms with Gasteiger partial charge in [0.1, 0.15) is 17.1 Å². The summed E-state index contributed by atoms with van der Waals surface area (Å²) in [6.07, 6.45) is 5.46. The first-order valence-electron chi connectivity index (χ1n) is 10.6. The van der Waals surface area contributed by atoms with E-state index in [-0.39, 0.29) is 33.4 Å². The Labute approximate surface area is 185 Å². The number of likely N-dealkylation sites (tertiary alicyclic amines) is 1. The first-order valence-corrected chi connectivity index (χ1v) is 12.1. The first-order chi connectivity index (χ1) is 15.3. The van der Waals surface area contributed by atoms with Crippen LogP contribution < -0.4 is 9.46 Å². The third-order valence-electron chi connectivity index (χ3n) is 6.28. The lowest BCUT2D eigenvalue weighted by Gasteiger charge is -2.29. The van der Waals surface area contributed by atoms with E-state index in [1.165, 1.54) is 12.1 Å². The molecule has 9 heteroatoms. The molecule has 7 nitrogen and oxygen atoms in total. The molecule has 2 aromatic carbocycles. The summed E-state index contributed by atoms with van der Waals surface area (Å²) in [7, 11) is -4.19. The number of benzene rings is 2. The van der Waals surface area contributed by atoms with E-state index < -0.39 is 21.8 Å². The molecule has 5 rings (SSSR count). The topological polar surface area (TPSA) is 95.9 Å². The van der Waals surface area contributed by atoms with E-state index in [1.807, 2.05) is 0 Å². The second-order valence-corrected chi connectivity index (χ2v) is 10.1. The maximum absolute atomic E-state index is 13.9. The van der Waals surface area contributed by atoms with E-state index in [1.54, 1.807) is 18.2 Å². The van der Waals surface area contributed by atoms with Gasteiger partial charge in [-0.05, 0) is 67.2 Å². The average Bonchev–Trinajstić information content (AvgIpc) is 3.49. The molecule has 0 radical (unpaired) electrons. The zero-order chi connectivity index (χ0) is 22.5. The van der Waals surface area contributed by atoms with Crippen molar-refractivity contribution in [1.82, 2.24) is 4.90 Å². The van der Waals surface area contributed by atoms with Crippen molar-refractivity contribution in [2.75, 3.05) is 31.0 Å². The van der Waals surface area contributed by atoms with E-state index in [0.717, 1.165) is 43.6 Å². The third kappa shape index (κ3) is 3.86. The fraction of sp³-hybridized carbons (Fsp3) is 0.348. The van der Waals surface area contributed by atoms with E-state index in [0.29, 0.717) is 19.1 Å². The lowest BCUT2D eigenvalue weighted by atomic mass is 10.0. The van der Waals surface area contributed by atoms with Crippen LogP contribution in [0.3, 0.4) is 0 Å². The highest BCUT2D eigenvalue weighted by molar-refractivity contribution is 7.92. The molecule has 168 valence electrons. The van der Waals surface area contributed by atoms with Gasteiger partial charge in [0, 0.05) is 12.5 Å². The zero-order valence-corrected chi connectivity index (χ0v) is 18.1. The highest BCUT2D eigenvalue weighted by Gasteiger charge is 2.45. The van der Waals surface area contributed by atoms with Gasteiger partial charge in [-0.2, -0.15) is 0 Å². The van der Waals surface area contributed by atoms with Crippen molar-refractivity contribution in [2.45, 2.75) is 23.7 Å². The van der Waals surface area contributed by atoms with Crippen molar-refractivity contribution < 1.29 is 27.4 Å². The maximum Gasteiger partial charge on any atom is 0.341 e. The minimum absolute atomic E-state index is 0.0739. The maximum atomic E-state index is 13.9. The molecule has 3 aliphatic rings. The largest absolute Gasteiger partial charge is 0.492 e. The van der Waals surface area contributed by atoms with Crippen molar-refractivity contribution in [2.24, 2.45) is 5.92 Å². The van der Waals surface area contributed by atoms with Crippen molar-refractivity contribution >= 4 is 27.8 Å². The molecule has 0 aromatic heterocycles. The Morgan fingerprint density at radius 3 is 2.81 bits per heavy atom. The summed E-state index contributed by atoms with van der Waals surface area (Å²) in [6.45, 7) is 3.05. The molecule has 0 spiro atoms. The fourth-order valence-corrected chi connectivity index (χ4v) is 5.59. The van der Waals surface area contributed by atoms with Gasteiger partial charge in [0.05, 0.1) is 17.2 Å². The quantitative estimate of drug-likeness (QED) is 0.659. The molecular formula is C23H23FN2O5S. The summed E-state index contributed by atoms with van der Waals surface area (Å²) in [4.78, 5) is 14.1. The number of carbonyl (C=O) groups is 1. The number of aromatic carboxylic acids is 1. The lowest BCUT2D eigenvalue weighted by Crippen LogP contribution is -2.36. The third-order valence-corrected chi connectivity index (χ3v) is 7.72. The summed E-state index contributed by atoms with van der Waals surface area (Å²) in [5.41, 5.74) is 0.728. The Bertz CT molecular complexity index is 1220. The van der Waals surface area contributed by atoms with Crippen LogP contribution in [-0.2, 0) is 10.0 Å². The van der Waals surface area contributed by atoms with Crippen LogP contribution in [0, 0.1) is 11.7 Å². The predicted molar refractivity (Wildman–Crippen MR) is 117 cm³/mol. The number of hydrogen-bond acceptors (Lipinski definition) is 5. The number of ether oxygens (including phenoxy) is 1. The highest BCUT2D eigenvalue weighted by atomic mass is 32.2. The molecule has 1 aliphatic carbocycles. The number of carboxylic acids is 1. The Kier molecular flexibility index (Phi) is 5.17. The second kappa shape index (κ2) is 7.90. The minimum Gasteiger partial charge on any atom is -0.492 e. The van der Waals surface area contributed by atoms with Crippen molar-refractivity contribution in [1.29, 1.82) is 0 Å². The normalized spacial score (nSPS) is 21.9. The molecule has 2 aromatic rings. The average molecular weight is 459 g/mol. The van der Waals surface area contributed by atoms with E-state index in [2.05, 4.69) is 9.62 Å². The highest BCUT2D eigenvalue weighted by Crippen LogP contribution is 2.55. The summed E-state index contributed by atoms with van der Waals surface area (Å²) in [5, 5.41) is 9.80. The zero-order valence-electron chi connectivity index (χ0n) is 17.3. The van der Waals surface area contributed by atoms with Gasteiger partial charge < -0.3 is 9.84 Å². The van der Waals surface area contributed by atoms with Crippen LogP contribution in [0.15, 0.2) is 41.3 Å². The van der Waals surface area contributed by atoms with Crippen LogP contribution in [0.2, 0.25) is 0 Å². The number of sulfonamides is 1. The van der Waals surface area contributed by atoms with Crippen molar-refractivity contribution in [3.05, 3.63) is 58.9 Å². The Morgan fingerprint density at radius 1 is 1.28 bits per heavy atom. The van der Waals surface area contributed by atoms with Crippen LogP contribution in [-0.4, -0.2) is 50.6 Å². The molecule has 32 heavy (non-hydrogen) atoms. The van der Waals surface area contributed by atoms with Crippen LogP contribution in [0.5, 0.6) is 5.75 Å². The smallest absolute Gasteiger partial charge is 0.341 e. The number of halogens is 1. The molecule has 1 saturated heterocycles. The number of hydrogen-bond donors (Lipinski definition) is 2. The number of rotatable bonds is 7. The number of carboxylic acid groups (broad SMARTS) is 1. The molecule has 2 N–H and O–H groups in total. The Hall–Kier alpha value is -2.91.